The summed E-state index contributed by atoms with van der Waals surface area (Å²) >= 11 is 1.21. The molecule has 0 saturated carbocycles. The number of aryl methyl sites for hydroxylation is 1. The van der Waals surface area contributed by atoms with Gasteiger partial charge in [-0.25, -0.2) is 0 Å². The molecule has 30 heavy (non-hydrogen) atoms. The van der Waals surface area contributed by atoms with Crippen LogP contribution in [0.25, 0.3) is 0 Å². The fraction of sp³-hybridized carbons (Fsp3) is 0.227. The lowest BCUT2D eigenvalue weighted by molar-refractivity contribution is -0.118. The summed E-state index contributed by atoms with van der Waals surface area (Å²) in [6.45, 7) is 5.84. The molecule has 0 atom stereocenters. The van der Waals surface area contributed by atoms with E-state index in [-0.39, 0.29) is 29.4 Å². The van der Waals surface area contributed by atoms with Crippen molar-refractivity contribution in [3.8, 4) is 0 Å². The number of rotatable bonds is 7. The Hall–Kier alpha value is -3.39. The van der Waals surface area contributed by atoms with Gasteiger partial charge in [0.15, 0.2) is 5.76 Å². The fourth-order valence-electron chi connectivity index (χ4n) is 2.61. The first kappa shape index (κ1) is 21.3. The van der Waals surface area contributed by atoms with Crippen molar-refractivity contribution in [3.05, 3.63) is 70.5 Å². The molecule has 0 unspecified atom stereocenters. The minimum atomic E-state index is -0.363. The highest BCUT2D eigenvalue weighted by Crippen LogP contribution is 2.27. The van der Waals surface area contributed by atoms with Crippen molar-refractivity contribution in [2.45, 2.75) is 27.3 Å². The zero-order valence-corrected chi connectivity index (χ0v) is 17.8. The van der Waals surface area contributed by atoms with Crippen molar-refractivity contribution in [2.24, 2.45) is 5.92 Å². The third kappa shape index (κ3) is 5.36. The van der Waals surface area contributed by atoms with Crippen LogP contribution in [0.15, 0.2) is 53.1 Å². The number of hydrogen-bond donors (Lipinski definition) is 3. The minimum absolute atomic E-state index is 0.0424. The molecule has 3 rings (SSSR count). The van der Waals surface area contributed by atoms with Crippen LogP contribution < -0.4 is 16.0 Å². The summed E-state index contributed by atoms with van der Waals surface area (Å²) in [5.41, 5.74) is 2.40. The normalized spacial score (nSPS) is 10.7. The van der Waals surface area contributed by atoms with Gasteiger partial charge in [-0.1, -0.05) is 26.0 Å². The van der Waals surface area contributed by atoms with Gasteiger partial charge < -0.3 is 20.4 Å². The van der Waals surface area contributed by atoms with Gasteiger partial charge in [-0.15, -0.1) is 11.3 Å². The van der Waals surface area contributed by atoms with Gasteiger partial charge in [0.2, 0.25) is 5.91 Å². The second kappa shape index (κ2) is 9.41. The highest BCUT2D eigenvalue weighted by Gasteiger charge is 2.16. The Balaban J connectivity index is 1.56. The van der Waals surface area contributed by atoms with Crippen LogP contribution >= 0.6 is 11.3 Å². The maximum absolute atomic E-state index is 12.6. The summed E-state index contributed by atoms with van der Waals surface area (Å²) in [7, 11) is 0. The number of benzene rings is 1. The van der Waals surface area contributed by atoms with Gasteiger partial charge in [0.25, 0.3) is 11.8 Å². The summed E-state index contributed by atoms with van der Waals surface area (Å²) < 4.78 is 5.07. The van der Waals surface area contributed by atoms with E-state index < -0.39 is 0 Å². The van der Waals surface area contributed by atoms with E-state index in [1.165, 1.54) is 17.6 Å². The standard InChI is InChI=1S/C22H23N3O4S/c1-13(2)20(26)24-16-8-6-15(7-9-16)12-23-22(28)19-14(3)11-18(30-19)25-21(27)17-5-4-10-29-17/h4-11,13H,12H2,1-3H3,(H,23,28)(H,24,26)(H,25,27). The average Bonchev–Trinajstić information content (AvgIpc) is 3.37. The predicted molar refractivity (Wildman–Crippen MR) is 117 cm³/mol. The van der Waals surface area contributed by atoms with Crippen LogP contribution in [0, 0.1) is 12.8 Å². The first-order chi connectivity index (χ1) is 14.3. The van der Waals surface area contributed by atoms with E-state index in [0.717, 1.165) is 16.8 Å². The van der Waals surface area contributed by atoms with Gasteiger partial charge >= 0.3 is 0 Å². The summed E-state index contributed by atoms with van der Waals surface area (Å²) in [4.78, 5) is 36.9. The second-order valence-corrected chi connectivity index (χ2v) is 8.13. The van der Waals surface area contributed by atoms with Gasteiger partial charge in [-0.2, -0.15) is 0 Å². The molecule has 1 aromatic carbocycles. The average molecular weight is 426 g/mol. The van der Waals surface area contributed by atoms with Gasteiger partial charge in [-0.3, -0.25) is 14.4 Å². The van der Waals surface area contributed by atoms with Crippen molar-refractivity contribution in [3.63, 3.8) is 0 Å². The third-order valence-electron chi connectivity index (χ3n) is 4.30. The molecule has 7 nitrogen and oxygen atoms in total. The molecule has 0 bridgehead atoms. The molecule has 3 N–H and O–H groups in total. The molecule has 0 aliphatic rings. The quantitative estimate of drug-likeness (QED) is 0.521. The van der Waals surface area contributed by atoms with E-state index in [4.69, 9.17) is 4.42 Å². The molecule has 0 radical (unpaired) electrons. The lowest BCUT2D eigenvalue weighted by Crippen LogP contribution is -2.22. The number of carbonyl (C=O) groups is 3. The lowest BCUT2D eigenvalue weighted by atomic mass is 10.1. The summed E-state index contributed by atoms with van der Waals surface area (Å²) in [5.74, 6) is -0.503. The Kier molecular flexibility index (Phi) is 6.68. The molecular weight excluding hydrogens is 402 g/mol. The highest BCUT2D eigenvalue weighted by atomic mass is 32.1. The molecule has 8 heteroatoms. The van der Waals surface area contributed by atoms with Crippen molar-refractivity contribution in [2.75, 3.05) is 10.6 Å². The third-order valence-corrected chi connectivity index (χ3v) is 5.46. The van der Waals surface area contributed by atoms with E-state index in [2.05, 4.69) is 16.0 Å². The topological polar surface area (TPSA) is 100 Å². The summed E-state index contributed by atoms with van der Waals surface area (Å²) in [5, 5.41) is 9.02. The smallest absolute Gasteiger partial charge is 0.291 e. The Labute approximate surface area is 178 Å². The maximum atomic E-state index is 12.6. The Bertz CT molecular complexity index is 1040. The molecular formula is C22H23N3O4S. The number of amides is 3. The maximum Gasteiger partial charge on any atom is 0.291 e. The molecule has 0 spiro atoms. The molecule has 156 valence electrons. The molecule has 2 heterocycles. The second-order valence-electron chi connectivity index (χ2n) is 7.08. The fourth-order valence-corrected chi connectivity index (χ4v) is 3.59. The van der Waals surface area contributed by atoms with Crippen LogP contribution in [0.4, 0.5) is 10.7 Å². The Morgan fingerprint density at radius 3 is 2.40 bits per heavy atom. The molecule has 2 aromatic heterocycles. The number of carbonyl (C=O) groups excluding carboxylic acids is 3. The van der Waals surface area contributed by atoms with Crippen molar-refractivity contribution in [1.29, 1.82) is 0 Å². The monoisotopic (exact) mass is 425 g/mol. The van der Waals surface area contributed by atoms with E-state index in [0.29, 0.717) is 16.4 Å². The van der Waals surface area contributed by atoms with Crippen LogP contribution in [0.5, 0.6) is 0 Å². The minimum Gasteiger partial charge on any atom is -0.459 e. The Morgan fingerprint density at radius 1 is 1.03 bits per heavy atom. The van der Waals surface area contributed by atoms with Gasteiger partial charge in [0.05, 0.1) is 16.1 Å². The first-order valence-electron chi connectivity index (χ1n) is 9.46. The molecule has 0 fully saturated rings. The van der Waals surface area contributed by atoms with E-state index in [1.807, 2.05) is 32.9 Å². The summed E-state index contributed by atoms with van der Waals surface area (Å²) in [6.07, 6.45) is 1.43. The SMILES string of the molecule is Cc1cc(NC(=O)c2ccco2)sc1C(=O)NCc1ccc(NC(=O)C(C)C)cc1. The predicted octanol–water partition coefficient (Wildman–Crippen LogP) is 4.43. The zero-order chi connectivity index (χ0) is 21.7. The number of nitrogens with one attached hydrogen (secondary N) is 3. The van der Waals surface area contributed by atoms with E-state index >= 15 is 0 Å². The largest absolute Gasteiger partial charge is 0.459 e. The van der Waals surface area contributed by atoms with Gasteiger partial charge in [-0.05, 0) is 48.4 Å². The van der Waals surface area contributed by atoms with Crippen molar-refractivity contribution in [1.82, 2.24) is 5.32 Å². The van der Waals surface area contributed by atoms with Gasteiger partial charge in [0, 0.05) is 18.2 Å². The number of hydrogen-bond acceptors (Lipinski definition) is 5. The van der Waals surface area contributed by atoms with Crippen LogP contribution in [0.2, 0.25) is 0 Å². The molecule has 3 amide bonds. The Morgan fingerprint density at radius 2 is 1.77 bits per heavy atom. The highest BCUT2D eigenvalue weighted by molar-refractivity contribution is 7.18. The number of thiophene rings is 1. The molecule has 0 aliphatic heterocycles. The van der Waals surface area contributed by atoms with Crippen molar-refractivity contribution >= 4 is 39.7 Å². The van der Waals surface area contributed by atoms with Crippen LogP contribution in [0.3, 0.4) is 0 Å². The lowest BCUT2D eigenvalue weighted by Gasteiger charge is -2.09. The first-order valence-corrected chi connectivity index (χ1v) is 10.3. The van der Waals surface area contributed by atoms with Crippen LogP contribution in [-0.4, -0.2) is 17.7 Å². The number of anilines is 2. The molecule has 0 saturated heterocycles. The molecule has 0 aliphatic carbocycles. The van der Waals surface area contributed by atoms with E-state index in [9.17, 15) is 14.4 Å². The number of furan rings is 1. The zero-order valence-electron chi connectivity index (χ0n) is 16.9. The van der Waals surface area contributed by atoms with Crippen LogP contribution in [-0.2, 0) is 11.3 Å². The van der Waals surface area contributed by atoms with Crippen LogP contribution in [0.1, 0.15) is 45.2 Å². The van der Waals surface area contributed by atoms with Crippen molar-refractivity contribution < 1.29 is 18.8 Å². The molecule has 3 aromatic rings. The van der Waals surface area contributed by atoms with Gasteiger partial charge in [0.1, 0.15) is 0 Å². The summed E-state index contributed by atoms with van der Waals surface area (Å²) in [6, 6.07) is 12.3. The van der Waals surface area contributed by atoms with E-state index in [1.54, 1.807) is 30.3 Å².